The molecule has 0 aromatic heterocycles. The number of rotatable bonds is 9. The van der Waals surface area contributed by atoms with Crippen LogP contribution in [-0.4, -0.2) is 41.7 Å². The normalized spacial score (nSPS) is 12.7. The molecule has 0 bridgehead atoms. The van der Waals surface area contributed by atoms with Gasteiger partial charge in [-0.1, -0.05) is 76.2 Å². The zero-order chi connectivity index (χ0) is 27.4. The third-order valence-corrected chi connectivity index (χ3v) is 6.65. The number of para-hydroxylation sites is 1. The molecule has 3 amide bonds. The Kier molecular flexibility index (Phi) is 8.05. The van der Waals surface area contributed by atoms with E-state index in [2.05, 4.69) is 33.0 Å². The number of esters is 1. The molecule has 1 aliphatic rings. The van der Waals surface area contributed by atoms with Crippen LogP contribution in [0.2, 0.25) is 0 Å². The fourth-order valence-electron chi connectivity index (χ4n) is 4.59. The van der Waals surface area contributed by atoms with Crippen LogP contribution in [0.1, 0.15) is 87.3 Å². The van der Waals surface area contributed by atoms with Crippen molar-refractivity contribution in [1.29, 1.82) is 0 Å². The molecule has 0 atom stereocenters. The van der Waals surface area contributed by atoms with Crippen LogP contribution in [0.4, 0.5) is 5.69 Å². The highest BCUT2D eigenvalue weighted by Gasteiger charge is 2.35. The fourth-order valence-corrected chi connectivity index (χ4v) is 4.59. The topological polar surface area (TPSA) is 92.8 Å². The number of nitrogens with zero attached hydrogens (tertiary/aromatic N) is 1. The summed E-state index contributed by atoms with van der Waals surface area (Å²) in [5, 5.41) is 2.91. The van der Waals surface area contributed by atoms with Gasteiger partial charge in [-0.05, 0) is 53.1 Å². The van der Waals surface area contributed by atoms with Crippen molar-refractivity contribution in [2.75, 3.05) is 18.5 Å². The lowest BCUT2D eigenvalue weighted by molar-refractivity contribution is -0.119. The number of anilines is 1. The molecule has 0 radical (unpaired) electrons. The van der Waals surface area contributed by atoms with E-state index >= 15 is 0 Å². The van der Waals surface area contributed by atoms with Crippen LogP contribution < -0.4 is 5.32 Å². The first kappa shape index (κ1) is 26.8. The summed E-state index contributed by atoms with van der Waals surface area (Å²) in [7, 11) is 0. The molecule has 0 fully saturated rings. The molecule has 7 heteroatoms. The Hall–Kier alpha value is -4.26. The van der Waals surface area contributed by atoms with Gasteiger partial charge in [0, 0.05) is 12.2 Å². The molecule has 196 valence electrons. The maximum absolute atomic E-state index is 12.9. The summed E-state index contributed by atoms with van der Waals surface area (Å²) in [6, 6.07) is 19.8. The Morgan fingerprint density at radius 1 is 0.816 bits per heavy atom. The number of carbonyl (C=O) groups excluding carboxylic acids is 4. The van der Waals surface area contributed by atoms with Crippen molar-refractivity contribution in [3.8, 4) is 0 Å². The van der Waals surface area contributed by atoms with Crippen molar-refractivity contribution in [3.05, 3.63) is 100 Å². The zero-order valence-corrected chi connectivity index (χ0v) is 22.1. The predicted octanol–water partition coefficient (Wildman–Crippen LogP) is 5.57. The van der Waals surface area contributed by atoms with Gasteiger partial charge in [-0.2, -0.15) is 0 Å². The first-order valence-corrected chi connectivity index (χ1v) is 12.8. The molecule has 1 aliphatic heterocycles. The largest absolute Gasteiger partial charge is 0.452 e. The molecule has 0 aliphatic carbocycles. The summed E-state index contributed by atoms with van der Waals surface area (Å²) < 4.78 is 5.26. The number of hydrogen-bond acceptors (Lipinski definition) is 5. The van der Waals surface area contributed by atoms with Crippen molar-refractivity contribution in [3.63, 3.8) is 0 Å². The minimum Gasteiger partial charge on any atom is -0.452 e. The maximum atomic E-state index is 12.9. The molecular formula is C31H32N2O5. The van der Waals surface area contributed by atoms with Crippen LogP contribution in [-0.2, 0) is 16.0 Å². The van der Waals surface area contributed by atoms with Gasteiger partial charge in [-0.15, -0.1) is 0 Å². The van der Waals surface area contributed by atoms with E-state index in [1.54, 1.807) is 0 Å². The summed E-state index contributed by atoms with van der Waals surface area (Å²) in [5.74, 6) is -1.62. The highest BCUT2D eigenvalue weighted by molar-refractivity contribution is 6.22. The average molecular weight is 513 g/mol. The molecule has 1 N–H and O–H groups in total. The number of nitrogens with one attached hydrogen (secondary N) is 1. The molecule has 0 unspecified atom stereocenters. The molecular weight excluding hydrogens is 480 g/mol. The van der Waals surface area contributed by atoms with Gasteiger partial charge in [0.15, 0.2) is 6.61 Å². The molecule has 3 aromatic rings. The van der Waals surface area contributed by atoms with Crippen LogP contribution in [0, 0.1) is 0 Å². The summed E-state index contributed by atoms with van der Waals surface area (Å²) in [6.45, 7) is 7.98. The Bertz CT molecular complexity index is 1350. The van der Waals surface area contributed by atoms with E-state index in [-0.39, 0.29) is 41.0 Å². The number of amides is 3. The average Bonchev–Trinajstić information content (AvgIpc) is 3.14. The van der Waals surface area contributed by atoms with E-state index in [0.717, 1.165) is 22.4 Å². The van der Waals surface area contributed by atoms with E-state index in [0.29, 0.717) is 6.42 Å². The molecule has 3 aromatic carbocycles. The van der Waals surface area contributed by atoms with Gasteiger partial charge < -0.3 is 10.1 Å². The van der Waals surface area contributed by atoms with Crippen molar-refractivity contribution < 1.29 is 23.9 Å². The SMILES string of the molecule is CC(C)c1cccc(C(C)C)c1NC(=O)COC(=O)c1ccc2c(c1)C(=O)N(CCc1ccccc1)C2=O. The fraction of sp³-hybridized carbons (Fsp3) is 0.290. The van der Waals surface area contributed by atoms with Crippen molar-refractivity contribution in [2.45, 2.75) is 46.0 Å². The first-order chi connectivity index (χ1) is 18.2. The van der Waals surface area contributed by atoms with Gasteiger partial charge in [-0.3, -0.25) is 19.3 Å². The molecule has 38 heavy (non-hydrogen) atoms. The van der Waals surface area contributed by atoms with E-state index < -0.39 is 24.4 Å². The molecule has 4 rings (SSSR count). The van der Waals surface area contributed by atoms with Crippen LogP contribution in [0.15, 0.2) is 66.7 Å². The van der Waals surface area contributed by atoms with Gasteiger partial charge >= 0.3 is 5.97 Å². The summed E-state index contributed by atoms with van der Waals surface area (Å²) in [5.41, 5.74) is 4.30. The number of imide groups is 1. The number of benzene rings is 3. The standard InChI is InChI=1S/C31H32N2O5/c1-19(2)23-11-8-12-24(20(3)4)28(23)32-27(34)18-38-31(37)22-13-14-25-26(17-22)30(36)33(29(25)35)16-15-21-9-6-5-7-10-21/h5-14,17,19-20H,15-16,18H2,1-4H3,(H,32,34). The van der Waals surface area contributed by atoms with E-state index in [4.69, 9.17) is 4.74 Å². The zero-order valence-electron chi connectivity index (χ0n) is 22.1. The van der Waals surface area contributed by atoms with E-state index in [1.165, 1.54) is 23.1 Å². The first-order valence-electron chi connectivity index (χ1n) is 12.8. The van der Waals surface area contributed by atoms with E-state index in [9.17, 15) is 19.2 Å². The van der Waals surface area contributed by atoms with Crippen LogP contribution in [0.5, 0.6) is 0 Å². The van der Waals surface area contributed by atoms with E-state index in [1.807, 2.05) is 48.5 Å². The molecule has 1 heterocycles. The third kappa shape index (κ3) is 5.67. The smallest absolute Gasteiger partial charge is 0.338 e. The number of fused-ring (bicyclic) bond motifs is 1. The second kappa shape index (κ2) is 11.4. The molecule has 7 nitrogen and oxygen atoms in total. The minimum absolute atomic E-state index is 0.105. The molecule has 0 spiro atoms. The second-order valence-corrected chi connectivity index (χ2v) is 10.0. The second-order valence-electron chi connectivity index (χ2n) is 10.0. The number of carbonyl (C=O) groups is 4. The lowest BCUT2D eigenvalue weighted by Crippen LogP contribution is -2.31. The quantitative estimate of drug-likeness (QED) is 0.299. The summed E-state index contributed by atoms with van der Waals surface area (Å²) in [4.78, 5) is 52.4. The monoisotopic (exact) mass is 512 g/mol. The Morgan fingerprint density at radius 3 is 2.08 bits per heavy atom. The highest BCUT2D eigenvalue weighted by Crippen LogP contribution is 2.32. The Balaban J connectivity index is 1.41. The molecule has 0 saturated heterocycles. The van der Waals surface area contributed by atoms with Gasteiger partial charge in [0.2, 0.25) is 0 Å². The van der Waals surface area contributed by atoms with Crippen LogP contribution >= 0.6 is 0 Å². The summed E-state index contributed by atoms with van der Waals surface area (Å²) in [6.07, 6.45) is 0.536. The van der Waals surface area contributed by atoms with Crippen LogP contribution in [0.25, 0.3) is 0 Å². The minimum atomic E-state index is -0.743. The van der Waals surface area contributed by atoms with Crippen LogP contribution in [0.3, 0.4) is 0 Å². The number of hydrogen-bond donors (Lipinski definition) is 1. The van der Waals surface area contributed by atoms with Gasteiger partial charge in [0.25, 0.3) is 17.7 Å². The van der Waals surface area contributed by atoms with Crippen molar-refractivity contribution in [2.24, 2.45) is 0 Å². The summed E-state index contributed by atoms with van der Waals surface area (Å²) >= 11 is 0. The van der Waals surface area contributed by atoms with Crippen molar-refractivity contribution in [1.82, 2.24) is 4.90 Å². The highest BCUT2D eigenvalue weighted by atomic mass is 16.5. The van der Waals surface area contributed by atoms with Gasteiger partial charge in [0.05, 0.1) is 16.7 Å². The predicted molar refractivity (Wildman–Crippen MR) is 145 cm³/mol. The van der Waals surface area contributed by atoms with Gasteiger partial charge in [-0.25, -0.2) is 4.79 Å². The number of ether oxygens (including phenoxy) is 1. The lowest BCUT2D eigenvalue weighted by Gasteiger charge is -2.20. The Morgan fingerprint density at radius 2 is 1.45 bits per heavy atom. The third-order valence-electron chi connectivity index (χ3n) is 6.65. The Labute approximate surface area is 222 Å². The lowest BCUT2D eigenvalue weighted by atomic mass is 9.92. The van der Waals surface area contributed by atoms with Gasteiger partial charge in [0.1, 0.15) is 0 Å². The maximum Gasteiger partial charge on any atom is 0.338 e. The van der Waals surface area contributed by atoms with Crippen molar-refractivity contribution >= 4 is 29.4 Å². The molecule has 0 saturated carbocycles.